The minimum absolute atomic E-state index is 0.113. The van der Waals surface area contributed by atoms with E-state index in [0.717, 1.165) is 4.88 Å². The van der Waals surface area contributed by atoms with Gasteiger partial charge in [-0.25, -0.2) is 4.39 Å². The first-order valence-corrected chi connectivity index (χ1v) is 5.90. The fourth-order valence-electron chi connectivity index (χ4n) is 1.44. The molecule has 0 spiro atoms. The molecule has 1 nitrogen and oxygen atoms in total. The quantitative estimate of drug-likeness (QED) is 0.738. The molecule has 0 saturated carbocycles. The Balaban J connectivity index is 2.50. The van der Waals surface area contributed by atoms with Crippen LogP contribution in [0.5, 0.6) is 0 Å². The van der Waals surface area contributed by atoms with Gasteiger partial charge in [-0.2, -0.15) is 0 Å². The van der Waals surface area contributed by atoms with Crippen molar-refractivity contribution in [1.82, 2.24) is 0 Å². The molecule has 0 saturated heterocycles. The molecule has 1 aromatic heterocycles. The van der Waals surface area contributed by atoms with Crippen molar-refractivity contribution in [3.63, 3.8) is 0 Å². The van der Waals surface area contributed by atoms with E-state index < -0.39 is 5.82 Å². The third-order valence-electron chi connectivity index (χ3n) is 2.30. The maximum atomic E-state index is 13.2. The summed E-state index contributed by atoms with van der Waals surface area (Å²) in [5, 5.41) is 1.72. The molecule has 0 fully saturated rings. The predicted octanol–water partition coefficient (Wildman–Crippen LogP) is 4.08. The van der Waals surface area contributed by atoms with Crippen LogP contribution in [-0.2, 0) is 0 Å². The van der Waals surface area contributed by atoms with Crippen LogP contribution in [-0.4, -0.2) is 5.78 Å². The molecule has 4 heteroatoms. The molecule has 1 heterocycles. The van der Waals surface area contributed by atoms with Gasteiger partial charge in [0, 0.05) is 16.0 Å². The Labute approximate surface area is 101 Å². The molecule has 0 atom stereocenters. The van der Waals surface area contributed by atoms with Gasteiger partial charge in [-0.05, 0) is 30.5 Å². The van der Waals surface area contributed by atoms with Crippen molar-refractivity contribution in [1.29, 1.82) is 0 Å². The molecule has 2 aromatic rings. The largest absolute Gasteiger partial charge is 0.289 e. The van der Waals surface area contributed by atoms with Gasteiger partial charge in [0.05, 0.1) is 5.02 Å². The molecular weight excluding hydrogens is 247 g/mol. The SMILES string of the molecule is Cc1sccc1C(=O)c1cccc(F)c1Cl. The number of thiophene rings is 1. The normalized spacial score (nSPS) is 10.4. The van der Waals surface area contributed by atoms with Crippen LogP contribution >= 0.6 is 22.9 Å². The molecule has 0 N–H and O–H groups in total. The average Bonchev–Trinajstić information content (AvgIpc) is 2.68. The van der Waals surface area contributed by atoms with E-state index in [-0.39, 0.29) is 16.4 Å². The highest BCUT2D eigenvalue weighted by Crippen LogP contribution is 2.25. The van der Waals surface area contributed by atoms with E-state index in [1.807, 2.05) is 12.3 Å². The first kappa shape index (κ1) is 11.3. The topological polar surface area (TPSA) is 17.1 Å². The lowest BCUT2D eigenvalue weighted by Gasteiger charge is -2.03. The number of hydrogen-bond donors (Lipinski definition) is 0. The summed E-state index contributed by atoms with van der Waals surface area (Å²) in [6.07, 6.45) is 0. The van der Waals surface area contributed by atoms with Crippen LogP contribution in [0.2, 0.25) is 5.02 Å². The van der Waals surface area contributed by atoms with Gasteiger partial charge >= 0.3 is 0 Å². The molecule has 0 aliphatic heterocycles. The zero-order valence-electron chi connectivity index (χ0n) is 8.46. The van der Waals surface area contributed by atoms with Gasteiger partial charge in [0.25, 0.3) is 0 Å². The standard InChI is InChI=1S/C12H8ClFOS/c1-7-8(5-6-16-7)12(15)9-3-2-4-10(14)11(9)13/h2-6H,1H3. The summed E-state index contributed by atoms with van der Waals surface area (Å²) < 4.78 is 13.2. The van der Waals surface area contributed by atoms with E-state index in [2.05, 4.69) is 0 Å². The Hall–Kier alpha value is -1.19. The average molecular weight is 255 g/mol. The minimum Gasteiger partial charge on any atom is -0.289 e. The molecule has 0 aliphatic rings. The first-order valence-electron chi connectivity index (χ1n) is 4.64. The van der Waals surface area contributed by atoms with Crippen molar-refractivity contribution in [2.45, 2.75) is 6.92 Å². The molecule has 82 valence electrons. The Morgan fingerprint density at radius 3 is 2.69 bits per heavy atom. The second-order valence-corrected chi connectivity index (χ2v) is 4.82. The summed E-state index contributed by atoms with van der Waals surface area (Å²) in [5.74, 6) is -0.802. The second kappa shape index (κ2) is 4.36. The Bertz CT molecular complexity index is 548. The van der Waals surface area contributed by atoms with Crippen molar-refractivity contribution >= 4 is 28.7 Å². The predicted molar refractivity (Wildman–Crippen MR) is 63.9 cm³/mol. The lowest BCUT2D eigenvalue weighted by molar-refractivity contribution is 0.103. The number of ketones is 1. The van der Waals surface area contributed by atoms with Crippen LogP contribution in [0, 0.1) is 12.7 Å². The van der Waals surface area contributed by atoms with Gasteiger partial charge in [-0.1, -0.05) is 17.7 Å². The lowest BCUT2D eigenvalue weighted by Crippen LogP contribution is -2.03. The van der Waals surface area contributed by atoms with Crippen LogP contribution in [0.15, 0.2) is 29.6 Å². The highest BCUT2D eigenvalue weighted by molar-refractivity contribution is 7.10. The van der Waals surface area contributed by atoms with Gasteiger partial charge in [0.1, 0.15) is 5.82 Å². The van der Waals surface area contributed by atoms with E-state index in [0.29, 0.717) is 5.56 Å². The summed E-state index contributed by atoms with van der Waals surface area (Å²) in [6, 6.07) is 5.98. The van der Waals surface area contributed by atoms with Crippen molar-refractivity contribution in [2.75, 3.05) is 0 Å². The van der Waals surface area contributed by atoms with Gasteiger partial charge in [0.15, 0.2) is 5.78 Å². The van der Waals surface area contributed by atoms with Crippen molar-refractivity contribution in [2.24, 2.45) is 0 Å². The van der Waals surface area contributed by atoms with Crippen LogP contribution in [0.3, 0.4) is 0 Å². The molecule has 1 aromatic carbocycles. The van der Waals surface area contributed by atoms with Crippen molar-refractivity contribution < 1.29 is 9.18 Å². The first-order chi connectivity index (χ1) is 7.61. The highest BCUT2D eigenvalue weighted by Gasteiger charge is 2.17. The van der Waals surface area contributed by atoms with E-state index in [4.69, 9.17) is 11.6 Å². The third-order valence-corrected chi connectivity index (χ3v) is 3.53. The van der Waals surface area contributed by atoms with Gasteiger partial charge in [-0.15, -0.1) is 11.3 Å². The molecule has 16 heavy (non-hydrogen) atoms. The number of carbonyl (C=O) groups excluding carboxylic acids is 1. The van der Waals surface area contributed by atoms with Crippen molar-refractivity contribution in [3.8, 4) is 0 Å². The number of halogens is 2. The fraction of sp³-hybridized carbons (Fsp3) is 0.0833. The molecule has 2 rings (SSSR count). The summed E-state index contributed by atoms with van der Waals surface area (Å²) in [7, 11) is 0. The Morgan fingerprint density at radius 2 is 2.06 bits per heavy atom. The van der Waals surface area contributed by atoms with Gasteiger partial charge in [0.2, 0.25) is 0 Å². The molecule has 0 aliphatic carbocycles. The number of benzene rings is 1. The third kappa shape index (κ3) is 1.88. The maximum Gasteiger partial charge on any atom is 0.195 e. The van der Waals surface area contributed by atoms with Gasteiger partial charge < -0.3 is 0 Å². The van der Waals surface area contributed by atoms with E-state index in [1.54, 1.807) is 6.07 Å². The van der Waals surface area contributed by atoms with E-state index in [9.17, 15) is 9.18 Å². The molecular formula is C12H8ClFOS. The number of aryl methyl sites for hydroxylation is 1. The zero-order chi connectivity index (χ0) is 11.7. The smallest absolute Gasteiger partial charge is 0.195 e. The zero-order valence-corrected chi connectivity index (χ0v) is 10.0. The molecule has 0 bridgehead atoms. The number of hydrogen-bond acceptors (Lipinski definition) is 2. The monoisotopic (exact) mass is 254 g/mol. The molecule has 0 unspecified atom stereocenters. The summed E-state index contributed by atoms with van der Waals surface area (Å²) in [5.41, 5.74) is 0.792. The van der Waals surface area contributed by atoms with Crippen LogP contribution < -0.4 is 0 Å². The van der Waals surface area contributed by atoms with Crippen LogP contribution in [0.4, 0.5) is 4.39 Å². The number of carbonyl (C=O) groups is 1. The van der Waals surface area contributed by atoms with E-state index in [1.165, 1.54) is 29.5 Å². The van der Waals surface area contributed by atoms with Crippen LogP contribution in [0.1, 0.15) is 20.8 Å². The van der Waals surface area contributed by atoms with E-state index >= 15 is 0 Å². The van der Waals surface area contributed by atoms with Crippen molar-refractivity contribution in [3.05, 3.63) is 56.5 Å². The maximum absolute atomic E-state index is 13.2. The second-order valence-electron chi connectivity index (χ2n) is 3.32. The highest BCUT2D eigenvalue weighted by atomic mass is 35.5. The summed E-state index contributed by atoms with van der Waals surface area (Å²) in [4.78, 5) is 13.0. The number of rotatable bonds is 2. The van der Waals surface area contributed by atoms with Gasteiger partial charge in [-0.3, -0.25) is 4.79 Å². The summed E-state index contributed by atoms with van der Waals surface area (Å²) in [6.45, 7) is 1.85. The Morgan fingerprint density at radius 1 is 1.31 bits per heavy atom. The summed E-state index contributed by atoms with van der Waals surface area (Å²) >= 11 is 7.24. The molecule has 0 amide bonds. The molecule has 0 radical (unpaired) electrons. The lowest BCUT2D eigenvalue weighted by atomic mass is 10.0. The van der Waals surface area contributed by atoms with Crippen LogP contribution in [0.25, 0.3) is 0 Å². The minimum atomic E-state index is -0.569. The fourth-order valence-corrected chi connectivity index (χ4v) is 2.35. The Kier molecular flexibility index (Phi) is 3.08.